The molecule has 0 aromatic heterocycles. The van der Waals surface area contributed by atoms with Gasteiger partial charge in [-0.05, 0) is 25.1 Å². The number of hydrogen-bond acceptors (Lipinski definition) is 3. The molecule has 1 heterocycles. The van der Waals surface area contributed by atoms with Gasteiger partial charge in [-0.2, -0.15) is 0 Å². The highest BCUT2D eigenvalue weighted by atomic mass is 15.2. The molecule has 3 heteroatoms. The lowest BCUT2D eigenvalue weighted by molar-refractivity contribution is 0.214. The summed E-state index contributed by atoms with van der Waals surface area (Å²) in [5.74, 6) is 0. The lowest BCUT2D eigenvalue weighted by Crippen LogP contribution is -2.37. The molecule has 3 nitrogen and oxygen atoms in total. The third-order valence-electron chi connectivity index (χ3n) is 3.31. The third kappa shape index (κ3) is 3.59. The molecule has 1 atom stereocenters. The Balaban J connectivity index is 2.34. The van der Waals surface area contributed by atoms with E-state index in [4.69, 9.17) is 5.73 Å². The van der Waals surface area contributed by atoms with Crippen molar-refractivity contribution in [2.24, 2.45) is 5.73 Å². The highest BCUT2D eigenvalue weighted by molar-refractivity contribution is 5.00. The fourth-order valence-corrected chi connectivity index (χ4v) is 2.37. The van der Waals surface area contributed by atoms with E-state index in [9.17, 15) is 0 Å². The van der Waals surface area contributed by atoms with Crippen molar-refractivity contribution in [2.75, 3.05) is 39.3 Å². The molecule has 15 heavy (non-hydrogen) atoms. The second kappa shape index (κ2) is 6.26. The van der Waals surface area contributed by atoms with Gasteiger partial charge in [0.25, 0.3) is 0 Å². The van der Waals surface area contributed by atoms with Crippen molar-refractivity contribution in [3.63, 3.8) is 0 Å². The molecule has 1 fully saturated rings. The van der Waals surface area contributed by atoms with E-state index in [1.807, 2.05) is 0 Å². The second-order valence-corrected chi connectivity index (χ2v) is 4.35. The summed E-state index contributed by atoms with van der Waals surface area (Å²) in [6, 6.07) is 0.741. The minimum atomic E-state index is 0.617. The minimum Gasteiger partial charge on any atom is -0.327 e. The molecule has 0 radical (unpaired) electrons. The number of rotatable bonds is 6. The molecule has 0 saturated carbocycles. The predicted molar refractivity (Wildman–Crippen MR) is 66.0 cm³/mol. The average molecular weight is 211 g/mol. The van der Waals surface area contributed by atoms with E-state index < -0.39 is 0 Å². The van der Waals surface area contributed by atoms with Gasteiger partial charge < -0.3 is 5.73 Å². The molecule has 0 spiro atoms. The first kappa shape index (κ1) is 12.7. The van der Waals surface area contributed by atoms with Crippen molar-refractivity contribution in [2.45, 2.75) is 26.3 Å². The molecule has 1 rings (SSSR count). The van der Waals surface area contributed by atoms with Crippen LogP contribution in [0.1, 0.15) is 20.3 Å². The van der Waals surface area contributed by atoms with Crippen molar-refractivity contribution < 1.29 is 0 Å². The quantitative estimate of drug-likeness (QED) is 0.663. The van der Waals surface area contributed by atoms with E-state index in [2.05, 4.69) is 30.2 Å². The van der Waals surface area contributed by atoms with E-state index in [1.165, 1.54) is 19.5 Å². The smallest absolute Gasteiger partial charge is 0.0235 e. The molecule has 0 aromatic carbocycles. The number of likely N-dealkylation sites (tertiary alicyclic amines) is 1. The maximum atomic E-state index is 5.56. The maximum Gasteiger partial charge on any atom is 0.0235 e. The number of hydrogen-bond donors (Lipinski definition) is 1. The Hall–Kier alpha value is -0.380. The number of nitrogens with zero attached hydrogens (tertiary/aromatic N) is 2. The van der Waals surface area contributed by atoms with Crippen LogP contribution >= 0.6 is 0 Å². The van der Waals surface area contributed by atoms with E-state index in [0.717, 1.165) is 31.2 Å². The van der Waals surface area contributed by atoms with Gasteiger partial charge in [-0.1, -0.05) is 20.4 Å². The van der Waals surface area contributed by atoms with E-state index >= 15 is 0 Å². The van der Waals surface area contributed by atoms with Crippen molar-refractivity contribution in [1.29, 1.82) is 0 Å². The maximum absolute atomic E-state index is 5.56. The molecule has 0 aliphatic carbocycles. The largest absolute Gasteiger partial charge is 0.327 e. The van der Waals surface area contributed by atoms with Gasteiger partial charge in [0.15, 0.2) is 0 Å². The van der Waals surface area contributed by atoms with Gasteiger partial charge >= 0.3 is 0 Å². The van der Waals surface area contributed by atoms with Gasteiger partial charge in [-0.25, -0.2) is 0 Å². The molecule has 0 amide bonds. The molecule has 1 aliphatic rings. The van der Waals surface area contributed by atoms with Crippen molar-refractivity contribution in [3.05, 3.63) is 12.2 Å². The first-order chi connectivity index (χ1) is 7.21. The van der Waals surface area contributed by atoms with Gasteiger partial charge in [0.1, 0.15) is 0 Å². The van der Waals surface area contributed by atoms with Crippen molar-refractivity contribution in [1.82, 2.24) is 9.80 Å². The van der Waals surface area contributed by atoms with Crippen LogP contribution in [0.3, 0.4) is 0 Å². The Morgan fingerprint density at radius 1 is 1.47 bits per heavy atom. The van der Waals surface area contributed by atoms with Gasteiger partial charge in [0, 0.05) is 32.2 Å². The summed E-state index contributed by atoms with van der Waals surface area (Å²) < 4.78 is 0. The normalized spacial score (nSPS) is 22.5. The molecule has 88 valence electrons. The second-order valence-electron chi connectivity index (χ2n) is 4.35. The van der Waals surface area contributed by atoms with Crippen LogP contribution in [0, 0.1) is 0 Å². The zero-order valence-electron chi connectivity index (χ0n) is 10.2. The SMILES string of the molecule is C=C(CN)CN1CCC(N(CC)CC)C1. The summed E-state index contributed by atoms with van der Waals surface area (Å²) in [5.41, 5.74) is 6.71. The fourth-order valence-electron chi connectivity index (χ4n) is 2.37. The van der Waals surface area contributed by atoms with E-state index in [-0.39, 0.29) is 0 Å². The van der Waals surface area contributed by atoms with Crippen LogP contribution < -0.4 is 5.73 Å². The van der Waals surface area contributed by atoms with Gasteiger partial charge in [-0.3, -0.25) is 9.80 Å². The Bertz CT molecular complexity index is 199. The molecule has 1 unspecified atom stereocenters. The average Bonchev–Trinajstić information content (AvgIpc) is 2.68. The number of nitrogens with two attached hydrogens (primary N) is 1. The summed E-state index contributed by atoms with van der Waals surface area (Å²) in [4.78, 5) is 5.02. The zero-order valence-corrected chi connectivity index (χ0v) is 10.2. The van der Waals surface area contributed by atoms with Crippen LogP contribution in [0.5, 0.6) is 0 Å². The standard InChI is InChI=1S/C12H25N3/c1-4-15(5-2)12-6-7-14(10-12)9-11(3)8-13/h12H,3-10,13H2,1-2H3. The first-order valence-corrected chi connectivity index (χ1v) is 6.04. The summed E-state index contributed by atoms with van der Waals surface area (Å²) in [5, 5.41) is 0. The Morgan fingerprint density at radius 3 is 2.67 bits per heavy atom. The third-order valence-corrected chi connectivity index (χ3v) is 3.31. The lowest BCUT2D eigenvalue weighted by atomic mass is 10.2. The van der Waals surface area contributed by atoms with Crippen LogP contribution in [0.15, 0.2) is 12.2 Å². The molecule has 1 saturated heterocycles. The van der Waals surface area contributed by atoms with Crippen LogP contribution in [0.25, 0.3) is 0 Å². The van der Waals surface area contributed by atoms with Crippen LogP contribution in [0.4, 0.5) is 0 Å². The van der Waals surface area contributed by atoms with Gasteiger partial charge in [0.2, 0.25) is 0 Å². The van der Waals surface area contributed by atoms with Crippen molar-refractivity contribution >= 4 is 0 Å². The topological polar surface area (TPSA) is 32.5 Å². The summed E-state index contributed by atoms with van der Waals surface area (Å²) >= 11 is 0. The summed E-state index contributed by atoms with van der Waals surface area (Å²) in [6.45, 7) is 14.7. The fraction of sp³-hybridized carbons (Fsp3) is 0.833. The monoisotopic (exact) mass is 211 g/mol. The number of likely N-dealkylation sites (N-methyl/N-ethyl adjacent to an activating group) is 1. The van der Waals surface area contributed by atoms with Crippen LogP contribution in [-0.4, -0.2) is 55.1 Å². The summed E-state index contributed by atoms with van der Waals surface area (Å²) in [7, 11) is 0. The zero-order chi connectivity index (χ0) is 11.3. The van der Waals surface area contributed by atoms with E-state index in [0.29, 0.717) is 6.54 Å². The highest BCUT2D eigenvalue weighted by Gasteiger charge is 2.25. The first-order valence-electron chi connectivity index (χ1n) is 6.04. The molecule has 0 bridgehead atoms. The van der Waals surface area contributed by atoms with Gasteiger partial charge in [0.05, 0.1) is 0 Å². The summed E-state index contributed by atoms with van der Waals surface area (Å²) in [6.07, 6.45) is 1.29. The van der Waals surface area contributed by atoms with Crippen molar-refractivity contribution in [3.8, 4) is 0 Å². The Labute approximate surface area is 93.9 Å². The molecular weight excluding hydrogens is 186 g/mol. The minimum absolute atomic E-state index is 0.617. The molecular formula is C12H25N3. The lowest BCUT2D eigenvalue weighted by Gasteiger charge is -2.26. The molecule has 1 aliphatic heterocycles. The predicted octanol–water partition coefficient (Wildman–Crippen LogP) is 0.917. The highest BCUT2D eigenvalue weighted by Crippen LogP contribution is 2.15. The molecule has 0 aromatic rings. The van der Waals surface area contributed by atoms with Crippen LogP contribution in [0.2, 0.25) is 0 Å². The van der Waals surface area contributed by atoms with E-state index in [1.54, 1.807) is 0 Å². The van der Waals surface area contributed by atoms with Gasteiger partial charge in [-0.15, -0.1) is 0 Å². The van der Waals surface area contributed by atoms with Crippen LogP contribution in [-0.2, 0) is 0 Å². The molecule has 2 N–H and O–H groups in total. The Kier molecular flexibility index (Phi) is 5.29. The Morgan fingerprint density at radius 2 is 2.13 bits per heavy atom.